The van der Waals surface area contributed by atoms with Crippen molar-refractivity contribution in [3.05, 3.63) is 84.6 Å². The summed E-state index contributed by atoms with van der Waals surface area (Å²) in [6, 6.07) is 23.7. The van der Waals surface area contributed by atoms with Crippen LogP contribution in [0.4, 0.5) is 11.5 Å². The lowest BCUT2D eigenvalue weighted by Crippen LogP contribution is -2.36. The summed E-state index contributed by atoms with van der Waals surface area (Å²) in [5.41, 5.74) is 5.64. The Morgan fingerprint density at radius 2 is 1.66 bits per heavy atom. The number of nitrogens with zero attached hydrogens (tertiary/aromatic N) is 3. The van der Waals surface area contributed by atoms with Crippen LogP contribution >= 0.6 is 0 Å². The number of anilines is 2. The first-order valence-corrected chi connectivity index (χ1v) is 10.8. The number of amides is 1. The number of nitrogens with one attached hydrogen (secondary N) is 1. The van der Waals surface area contributed by atoms with Crippen LogP contribution in [0.3, 0.4) is 0 Å². The average Bonchev–Trinajstić information content (AvgIpc) is 2.85. The molecule has 32 heavy (non-hydrogen) atoms. The van der Waals surface area contributed by atoms with Gasteiger partial charge in [0.25, 0.3) is 0 Å². The number of rotatable bonds is 5. The van der Waals surface area contributed by atoms with Crippen LogP contribution in [0.25, 0.3) is 22.2 Å². The molecule has 0 saturated carbocycles. The van der Waals surface area contributed by atoms with E-state index < -0.39 is 0 Å². The molecule has 1 saturated heterocycles. The predicted octanol–water partition coefficient (Wildman–Crippen LogP) is 4.31. The first kappa shape index (κ1) is 20.2. The fourth-order valence-corrected chi connectivity index (χ4v) is 3.86. The molecule has 5 rings (SSSR count). The molecular weight excluding hydrogens is 400 g/mol. The van der Waals surface area contributed by atoms with Crippen LogP contribution in [0.15, 0.2) is 79.0 Å². The summed E-state index contributed by atoms with van der Waals surface area (Å²) in [6.45, 7) is 3.09. The van der Waals surface area contributed by atoms with Gasteiger partial charge in [0.05, 0.1) is 36.9 Å². The van der Waals surface area contributed by atoms with Gasteiger partial charge in [-0.1, -0.05) is 48.5 Å². The Morgan fingerprint density at radius 1 is 0.906 bits per heavy atom. The first-order valence-electron chi connectivity index (χ1n) is 10.8. The molecule has 6 heteroatoms. The molecular formula is C26H24N4O2. The highest BCUT2D eigenvalue weighted by Gasteiger charge is 2.13. The fourth-order valence-electron chi connectivity index (χ4n) is 3.86. The van der Waals surface area contributed by atoms with Crippen LogP contribution in [-0.4, -0.2) is 42.2 Å². The lowest BCUT2D eigenvalue weighted by Gasteiger charge is -2.27. The molecule has 0 unspecified atom stereocenters. The maximum absolute atomic E-state index is 12.3. The molecule has 6 nitrogen and oxygen atoms in total. The number of carbonyl (C=O) groups is 1. The predicted molar refractivity (Wildman–Crippen MR) is 127 cm³/mol. The fraction of sp³-hybridized carbons (Fsp3) is 0.192. The molecule has 0 bridgehead atoms. The van der Waals surface area contributed by atoms with E-state index >= 15 is 0 Å². The topological polar surface area (TPSA) is 67.4 Å². The number of aromatic nitrogens is 2. The van der Waals surface area contributed by atoms with Crippen LogP contribution in [-0.2, 0) is 16.0 Å². The van der Waals surface area contributed by atoms with E-state index in [4.69, 9.17) is 9.72 Å². The van der Waals surface area contributed by atoms with Crippen LogP contribution in [0.2, 0.25) is 0 Å². The Kier molecular flexibility index (Phi) is 5.77. The van der Waals surface area contributed by atoms with Crippen LogP contribution in [0.1, 0.15) is 5.56 Å². The number of morpholine rings is 1. The summed E-state index contributed by atoms with van der Waals surface area (Å²) in [6.07, 6.45) is 2.19. The number of carbonyl (C=O) groups excluding carboxylic acids is 1. The zero-order valence-corrected chi connectivity index (χ0v) is 17.7. The maximum atomic E-state index is 12.3. The van der Waals surface area contributed by atoms with Gasteiger partial charge in [0, 0.05) is 18.8 Å². The molecule has 1 aliphatic rings. The van der Waals surface area contributed by atoms with E-state index in [1.54, 1.807) is 0 Å². The van der Waals surface area contributed by atoms with Crippen molar-refractivity contribution >= 4 is 28.4 Å². The summed E-state index contributed by atoms with van der Waals surface area (Å²) in [5, 5.41) is 2.97. The third-order valence-corrected chi connectivity index (χ3v) is 5.57. The Balaban J connectivity index is 1.31. The molecule has 160 valence electrons. The third-order valence-electron chi connectivity index (χ3n) is 5.57. The zero-order chi connectivity index (χ0) is 21.8. The second-order valence-electron chi connectivity index (χ2n) is 7.82. The number of hydrogen-bond acceptors (Lipinski definition) is 5. The van der Waals surface area contributed by atoms with E-state index in [0.29, 0.717) is 19.6 Å². The lowest BCUT2D eigenvalue weighted by molar-refractivity contribution is -0.115. The number of benzene rings is 3. The van der Waals surface area contributed by atoms with Gasteiger partial charge in [0.15, 0.2) is 0 Å². The van der Waals surface area contributed by atoms with Crippen molar-refractivity contribution in [2.45, 2.75) is 6.42 Å². The minimum absolute atomic E-state index is 0.0272. The third kappa shape index (κ3) is 4.60. The largest absolute Gasteiger partial charge is 0.378 e. The van der Waals surface area contributed by atoms with Crippen molar-refractivity contribution in [3.8, 4) is 11.1 Å². The first-order chi connectivity index (χ1) is 15.7. The molecule has 1 amide bonds. The summed E-state index contributed by atoms with van der Waals surface area (Å²) in [7, 11) is 0. The molecule has 1 aliphatic heterocycles. The number of hydrogen-bond donors (Lipinski definition) is 1. The SMILES string of the molecule is O=C(Cc1ccccc1)Nc1ccc(-c2ccc3ncc(N4CCOCC4)nc3c2)cc1. The van der Waals surface area contributed by atoms with Gasteiger partial charge in [-0.15, -0.1) is 0 Å². The highest BCUT2D eigenvalue weighted by molar-refractivity contribution is 5.92. The molecule has 3 aromatic carbocycles. The van der Waals surface area contributed by atoms with E-state index in [1.807, 2.05) is 66.9 Å². The minimum Gasteiger partial charge on any atom is -0.378 e. The van der Waals surface area contributed by atoms with E-state index in [1.165, 1.54) is 0 Å². The quantitative estimate of drug-likeness (QED) is 0.517. The number of fused-ring (bicyclic) bond motifs is 1. The molecule has 1 aromatic heterocycles. The van der Waals surface area contributed by atoms with Gasteiger partial charge in [-0.25, -0.2) is 4.98 Å². The molecule has 4 aromatic rings. The van der Waals surface area contributed by atoms with Gasteiger partial charge >= 0.3 is 0 Å². The molecule has 0 aliphatic carbocycles. The summed E-state index contributed by atoms with van der Waals surface area (Å²) >= 11 is 0. The second kappa shape index (κ2) is 9.16. The minimum atomic E-state index is -0.0272. The Labute approximate surface area is 186 Å². The normalized spacial score (nSPS) is 13.8. The molecule has 0 atom stereocenters. The van der Waals surface area contributed by atoms with Crippen molar-refractivity contribution in [2.75, 3.05) is 36.5 Å². The maximum Gasteiger partial charge on any atom is 0.228 e. The molecule has 2 heterocycles. The molecule has 0 radical (unpaired) electrons. The van der Waals surface area contributed by atoms with Gasteiger partial charge in [0.1, 0.15) is 5.82 Å². The second-order valence-corrected chi connectivity index (χ2v) is 7.82. The highest BCUT2D eigenvalue weighted by atomic mass is 16.5. The van der Waals surface area contributed by atoms with Gasteiger partial charge < -0.3 is 15.0 Å². The van der Waals surface area contributed by atoms with Crippen molar-refractivity contribution in [1.29, 1.82) is 0 Å². The average molecular weight is 425 g/mol. The van der Waals surface area contributed by atoms with Crippen molar-refractivity contribution in [1.82, 2.24) is 9.97 Å². The van der Waals surface area contributed by atoms with Crippen molar-refractivity contribution < 1.29 is 9.53 Å². The summed E-state index contributed by atoms with van der Waals surface area (Å²) in [5.74, 6) is 0.856. The molecule has 1 fully saturated rings. The Bertz CT molecular complexity index is 1220. The van der Waals surface area contributed by atoms with Crippen LogP contribution in [0, 0.1) is 0 Å². The van der Waals surface area contributed by atoms with E-state index in [9.17, 15) is 4.79 Å². The van der Waals surface area contributed by atoms with Crippen LogP contribution < -0.4 is 10.2 Å². The van der Waals surface area contributed by atoms with E-state index in [-0.39, 0.29) is 5.91 Å². The Hall–Kier alpha value is -3.77. The van der Waals surface area contributed by atoms with Crippen molar-refractivity contribution in [3.63, 3.8) is 0 Å². The molecule has 1 N–H and O–H groups in total. The zero-order valence-electron chi connectivity index (χ0n) is 17.7. The lowest BCUT2D eigenvalue weighted by atomic mass is 10.0. The summed E-state index contributed by atoms with van der Waals surface area (Å²) < 4.78 is 5.43. The van der Waals surface area contributed by atoms with Crippen molar-refractivity contribution in [2.24, 2.45) is 0 Å². The van der Waals surface area contributed by atoms with Gasteiger partial charge in [0.2, 0.25) is 5.91 Å². The van der Waals surface area contributed by atoms with Gasteiger partial charge in [-0.05, 0) is 41.0 Å². The smallest absolute Gasteiger partial charge is 0.228 e. The Morgan fingerprint density at radius 3 is 2.44 bits per heavy atom. The highest BCUT2D eigenvalue weighted by Crippen LogP contribution is 2.25. The monoisotopic (exact) mass is 424 g/mol. The van der Waals surface area contributed by atoms with E-state index in [2.05, 4.69) is 27.3 Å². The molecule has 0 spiro atoms. The standard InChI is InChI=1S/C26H24N4O2/c31-26(16-19-4-2-1-3-5-19)28-22-9-6-20(7-10-22)21-8-11-23-24(17-21)29-25(18-27-23)30-12-14-32-15-13-30/h1-11,17-18H,12-16H2,(H,28,31). The van der Waals surface area contributed by atoms with Gasteiger partial charge in [-0.3, -0.25) is 9.78 Å². The van der Waals surface area contributed by atoms with E-state index in [0.717, 1.165) is 52.3 Å². The number of ether oxygens (including phenoxy) is 1. The van der Waals surface area contributed by atoms with Gasteiger partial charge in [-0.2, -0.15) is 0 Å². The van der Waals surface area contributed by atoms with Crippen LogP contribution in [0.5, 0.6) is 0 Å². The summed E-state index contributed by atoms with van der Waals surface area (Å²) in [4.78, 5) is 23.9.